The molecular weight excluding hydrogens is 312 g/mol. The van der Waals surface area contributed by atoms with E-state index in [0.29, 0.717) is 11.8 Å². The molecule has 0 saturated carbocycles. The van der Waals surface area contributed by atoms with Crippen molar-refractivity contribution >= 4 is 10.8 Å². The SMILES string of the molecule is C=C=C(OC)[C@@H](NN1CCC[C@H]1COC)c1ccc2ccccc2c1. The largest absolute Gasteiger partial charge is 0.491 e. The molecule has 0 bridgehead atoms. The number of rotatable bonds is 7. The van der Waals surface area contributed by atoms with Gasteiger partial charge in [0.1, 0.15) is 6.04 Å². The number of ether oxygens (including phenoxy) is 2. The van der Waals surface area contributed by atoms with Crippen LogP contribution in [0.5, 0.6) is 0 Å². The number of fused-ring (bicyclic) bond motifs is 1. The Balaban J connectivity index is 1.92. The average Bonchev–Trinajstić information content (AvgIpc) is 3.09. The average molecular weight is 338 g/mol. The van der Waals surface area contributed by atoms with Gasteiger partial charge in [0, 0.05) is 19.7 Å². The highest BCUT2D eigenvalue weighted by Crippen LogP contribution is 2.27. The van der Waals surface area contributed by atoms with E-state index in [1.807, 2.05) is 0 Å². The lowest BCUT2D eigenvalue weighted by Crippen LogP contribution is -2.46. The Kier molecular flexibility index (Phi) is 5.90. The molecule has 2 aromatic rings. The van der Waals surface area contributed by atoms with Crippen LogP contribution in [-0.4, -0.2) is 38.4 Å². The van der Waals surface area contributed by atoms with Gasteiger partial charge in [0.2, 0.25) is 0 Å². The number of benzene rings is 2. The summed E-state index contributed by atoms with van der Waals surface area (Å²) in [6, 6.07) is 15.1. The van der Waals surface area contributed by atoms with Crippen molar-refractivity contribution in [2.24, 2.45) is 0 Å². The molecule has 1 N–H and O–H groups in total. The Labute approximate surface area is 149 Å². The van der Waals surface area contributed by atoms with Crippen LogP contribution in [0, 0.1) is 0 Å². The molecule has 0 radical (unpaired) electrons. The monoisotopic (exact) mass is 338 g/mol. The topological polar surface area (TPSA) is 33.7 Å². The summed E-state index contributed by atoms with van der Waals surface area (Å²) in [5, 5.41) is 4.70. The van der Waals surface area contributed by atoms with E-state index in [-0.39, 0.29) is 6.04 Å². The van der Waals surface area contributed by atoms with Gasteiger partial charge in [0.25, 0.3) is 0 Å². The molecule has 4 heteroatoms. The van der Waals surface area contributed by atoms with E-state index in [1.54, 1.807) is 14.2 Å². The van der Waals surface area contributed by atoms with Gasteiger partial charge >= 0.3 is 0 Å². The number of nitrogens with one attached hydrogen (secondary N) is 1. The number of hydrogen-bond acceptors (Lipinski definition) is 4. The van der Waals surface area contributed by atoms with Crippen molar-refractivity contribution < 1.29 is 9.47 Å². The van der Waals surface area contributed by atoms with Crippen molar-refractivity contribution in [3.8, 4) is 0 Å². The minimum atomic E-state index is -0.121. The van der Waals surface area contributed by atoms with Gasteiger partial charge in [-0.3, -0.25) is 0 Å². The van der Waals surface area contributed by atoms with Gasteiger partial charge in [-0.1, -0.05) is 48.7 Å². The third kappa shape index (κ3) is 3.94. The molecule has 0 unspecified atom stereocenters. The van der Waals surface area contributed by atoms with Crippen LogP contribution < -0.4 is 5.43 Å². The normalized spacial score (nSPS) is 18.9. The zero-order valence-electron chi connectivity index (χ0n) is 15.0. The summed E-state index contributed by atoms with van der Waals surface area (Å²) in [4.78, 5) is 0. The second kappa shape index (κ2) is 8.32. The smallest absolute Gasteiger partial charge is 0.160 e. The fourth-order valence-electron chi connectivity index (χ4n) is 3.50. The highest BCUT2D eigenvalue weighted by Gasteiger charge is 2.29. The van der Waals surface area contributed by atoms with Crippen LogP contribution in [0.4, 0.5) is 0 Å². The third-order valence-electron chi connectivity index (χ3n) is 4.79. The predicted octanol–water partition coefficient (Wildman–Crippen LogP) is 3.81. The molecule has 2 atom stereocenters. The molecule has 1 heterocycles. The Morgan fingerprint density at radius 1 is 1.28 bits per heavy atom. The van der Waals surface area contributed by atoms with E-state index in [1.165, 1.54) is 10.8 Å². The molecule has 0 aliphatic carbocycles. The van der Waals surface area contributed by atoms with Gasteiger partial charge in [-0.05, 0) is 35.2 Å². The molecule has 2 aromatic carbocycles. The van der Waals surface area contributed by atoms with Crippen LogP contribution in [0.15, 0.2) is 60.5 Å². The Hall–Kier alpha value is -2.10. The first-order valence-corrected chi connectivity index (χ1v) is 8.71. The molecule has 1 fully saturated rings. The molecule has 1 aliphatic rings. The number of methoxy groups -OCH3 is 2. The van der Waals surface area contributed by atoms with Gasteiger partial charge < -0.3 is 9.47 Å². The quantitative estimate of drug-likeness (QED) is 0.615. The summed E-state index contributed by atoms with van der Waals surface area (Å²) < 4.78 is 10.9. The minimum Gasteiger partial charge on any atom is -0.491 e. The molecule has 1 saturated heterocycles. The highest BCUT2D eigenvalue weighted by molar-refractivity contribution is 5.83. The van der Waals surface area contributed by atoms with Crippen molar-refractivity contribution in [3.63, 3.8) is 0 Å². The van der Waals surface area contributed by atoms with Crippen LogP contribution >= 0.6 is 0 Å². The molecule has 0 spiro atoms. The van der Waals surface area contributed by atoms with E-state index in [0.717, 1.165) is 31.6 Å². The fourth-order valence-corrected chi connectivity index (χ4v) is 3.50. The van der Waals surface area contributed by atoms with E-state index in [4.69, 9.17) is 9.47 Å². The summed E-state index contributed by atoms with van der Waals surface area (Å²) in [7, 11) is 3.42. The zero-order chi connectivity index (χ0) is 17.6. The third-order valence-corrected chi connectivity index (χ3v) is 4.79. The van der Waals surface area contributed by atoms with Gasteiger partial charge in [-0.25, -0.2) is 10.4 Å². The Bertz CT molecular complexity index is 767. The van der Waals surface area contributed by atoms with Crippen LogP contribution in [0.1, 0.15) is 24.4 Å². The summed E-state index contributed by atoms with van der Waals surface area (Å²) in [6.45, 7) is 5.51. The van der Waals surface area contributed by atoms with E-state index < -0.39 is 0 Å². The van der Waals surface area contributed by atoms with E-state index in [9.17, 15) is 0 Å². The number of hydrazine groups is 1. The van der Waals surface area contributed by atoms with Crippen LogP contribution in [0.3, 0.4) is 0 Å². The fraction of sp³-hybridized carbons (Fsp3) is 0.381. The maximum absolute atomic E-state index is 5.56. The van der Waals surface area contributed by atoms with Crippen LogP contribution in [-0.2, 0) is 9.47 Å². The van der Waals surface area contributed by atoms with Crippen molar-refractivity contribution in [1.82, 2.24) is 10.4 Å². The lowest BCUT2D eigenvalue weighted by Gasteiger charge is -2.30. The highest BCUT2D eigenvalue weighted by atomic mass is 16.5. The summed E-state index contributed by atoms with van der Waals surface area (Å²) in [6.07, 6.45) is 2.29. The molecule has 3 rings (SSSR count). The second-order valence-electron chi connectivity index (χ2n) is 6.36. The molecule has 1 aliphatic heterocycles. The van der Waals surface area contributed by atoms with Gasteiger partial charge in [0.05, 0.1) is 13.7 Å². The Morgan fingerprint density at radius 2 is 2.08 bits per heavy atom. The number of nitrogens with zero attached hydrogens (tertiary/aromatic N) is 1. The minimum absolute atomic E-state index is 0.121. The van der Waals surface area contributed by atoms with Crippen LogP contribution in [0.2, 0.25) is 0 Å². The molecule has 132 valence electrons. The van der Waals surface area contributed by atoms with Crippen molar-refractivity contribution in [1.29, 1.82) is 0 Å². The lowest BCUT2D eigenvalue weighted by molar-refractivity contribution is 0.0667. The van der Waals surface area contributed by atoms with Crippen LogP contribution in [0.25, 0.3) is 10.8 Å². The first-order valence-electron chi connectivity index (χ1n) is 8.71. The Morgan fingerprint density at radius 3 is 2.80 bits per heavy atom. The first-order chi connectivity index (χ1) is 12.3. The molecular formula is C21H26N2O2. The van der Waals surface area contributed by atoms with Crippen molar-refractivity contribution in [2.75, 3.05) is 27.4 Å². The van der Waals surface area contributed by atoms with Crippen molar-refractivity contribution in [2.45, 2.75) is 24.9 Å². The molecule has 0 amide bonds. The predicted molar refractivity (Wildman–Crippen MR) is 101 cm³/mol. The summed E-state index contributed by atoms with van der Waals surface area (Å²) in [5.41, 5.74) is 7.70. The lowest BCUT2D eigenvalue weighted by atomic mass is 10.0. The van der Waals surface area contributed by atoms with Gasteiger partial charge in [-0.2, -0.15) is 0 Å². The molecule has 25 heavy (non-hydrogen) atoms. The maximum Gasteiger partial charge on any atom is 0.160 e. The summed E-state index contributed by atoms with van der Waals surface area (Å²) in [5.74, 6) is 0.693. The van der Waals surface area contributed by atoms with E-state index in [2.05, 4.69) is 65.2 Å². The maximum atomic E-state index is 5.56. The molecule has 0 aromatic heterocycles. The van der Waals surface area contributed by atoms with E-state index >= 15 is 0 Å². The molecule has 4 nitrogen and oxygen atoms in total. The van der Waals surface area contributed by atoms with Gasteiger partial charge in [-0.15, -0.1) is 0 Å². The summed E-state index contributed by atoms with van der Waals surface area (Å²) >= 11 is 0. The van der Waals surface area contributed by atoms with Gasteiger partial charge in [0.15, 0.2) is 5.76 Å². The first kappa shape index (κ1) is 17.7. The van der Waals surface area contributed by atoms with Crippen molar-refractivity contribution in [3.05, 3.63) is 66.1 Å². The number of hydrogen-bond donors (Lipinski definition) is 1. The standard InChI is InChI=1S/C21H26N2O2/c1-4-20(25-3)21(22-23-13-7-10-19(23)15-24-2)18-12-11-16-8-5-6-9-17(16)14-18/h5-6,8-9,11-12,14,19,21-22H,1,7,10,13,15H2,2-3H3/t19-,21-/m0/s1. The second-order valence-corrected chi connectivity index (χ2v) is 6.36. The zero-order valence-corrected chi connectivity index (χ0v) is 15.0.